The van der Waals surface area contributed by atoms with Gasteiger partial charge in [-0.05, 0) is 28.3 Å². The van der Waals surface area contributed by atoms with Crippen LogP contribution in [0, 0.1) is 0 Å². The highest BCUT2D eigenvalue weighted by Gasteiger charge is 2.16. The number of tetrazole rings is 1. The Morgan fingerprint density at radius 3 is 2.48 bits per heavy atom. The molecule has 0 aliphatic carbocycles. The Hall–Kier alpha value is -3.94. The van der Waals surface area contributed by atoms with E-state index in [1.165, 1.54) is 5.56 Å². The van der Waals surface area contributed by atoms with Gasteiger partial charge in [0.05, 0.1) is 24.5 Å². The van der Waals surface area contributed by atoms with Crippen LogP contribution in [0.4, 0.5) is 0 Å². The SMILES string of the molecule is CCCCc1nc2cnncc2n1Cc1ccccc1-c1ccccc1-c1nn[nH]n1. The molecule has 0 radical (unpaired) electrons. The number of nitrogens with zero attached hydrogens (tertiary/aromatic N) is 7. The molecule has 5 rings (SSSR count). The Morgan fingerprint density at radius 2 is 1.68 bits per heavy atom. The summed E-state index contributed by atoms with van der Waals surface area (Å²) >= 11 is 0. The van der Waals surface area contributed by atoms with Crippen LogP contribution in [-0.2, 0) is 13.0 Å². The molecule has 0 saturated heterocycles. The summed E-state index contributed by atoms with van der Waals surface area (Å²) in [5.74, 6) is 1.64. The third kappa shape index (κ3) is 3.68. The summed E-state index contributed by atoms with van der Waals surface area (Å²) in [7, 11) is 0. The highest BCUT2D eigenvalue weighted by Crippen LogP contribution is 2.33. The van der Waals surface area contributed by atoms with Gasteiger partial charge in [0.25, 0.3) is 0 Å². The molecule has 31 heavy (non-hydrogen) atoms. The Labute approximate surface area is 179 Å². The number of aryl methyl sites for hydroxylation is 1. The van der Waals surface area contributed by atoms with E-state index in [-0.39, 0.29) is 0 Å². The molecule has 0 unspecified atom stereocenters. The summed E-state index contributed by atoms with van der Waals surface area (Å²) in [4.78, 5) is 4.84. The van der Waals surface area contributed by atoms with Gasteiger partial charge in [-0.15, -0.1) is 10.2 Å². The molecule has 1 N–H and O–H groups in total. The number of unbranched alkanes of at least 4 members (excludes halogenated alkanes) is 1. The number of hydrogen-bond donors (Lipinski definition) is 1. The van der Waals surface area contributed by atoms with Crippen LogP contribution in [0.5, 0.6) is 0 Å². The largest absolute Gasteiger partial charge is 0.322 e. The molecule has 2 aromatic carbocycles. The van der Waals surface area contributed by atoms with E-state index in [2.05, 4.69) is 72.6 Å². The maximum absolute atomic E-state index is 4.84. The van der Waals surface area contributed by atoms with E-state index in [1.807, 2.05) is 18.2 Å². The lowest BCUT2D eigenvalue weighted by atomic mass is 9.95. The van der Waals surface area contributed by atoms with Gasteiger partial charge >= 0.3 is 0 Å². The van der Waals surface area contributed by atoms with Crippen LogP contribution >= 0.6 is 0 Å². The van der Waals surface area contributed by atoms with Gasteiger partial charge in [-0.3, -0.25) is 0 Å². The van der Waals surface area contributed by atoms with Gasteiger partial charge in [-0.1, -0.05) is 61.9 Å². The summed E-state index contributed by atoms with van der Waals surface area (Å²) < 4.78 is 2.26. The lowest BCUT2D eigenvalue weighted by molar-refractivity contribution is 0.690. The maximum Gasteiger partial charge on any atom is 0.205 e. The molecular weight excluding hydrogens is 388 g/mol. The van der Waals surface area contributed by atoms with Crippen LogP contribution in [0.2, 0.25) is 0 Å². The van der Waals surface area contributed by atoms with Crippen molar-refractivity contribution < 1.29 is 0 Å². The molecule has 0 aliphatic heterocycles. The zero-order valence-corrected chi connectivity index (χ0v) is 17.2. The molecule has 154 valence electrons. The summed E-state index contributed by atoms with van der Waals surface area (Å²) in [5.41, 5.74) is 6.21. The Bertz CT molecular complexity index is 1310. The second-order valence-corrected chi connectivity index (χ2v) is 7.42. The summed E-state index contributed by atoms with van der Waals surface area (Å²) in [6.07, 6.45) is 6.67. The van der Waals surface area contributed by atoms with Crippen molar-refractivity contribution in [1.82, 2.24) is 40.4 Å². The van der Waals surface area contributed by atoms with E-state index in [0.29, 0.717) is 12.4 Å². The molecule has 5 aromatic rings. The van der Waals surface area contributed by atoms with E-state index in [4.69, 9.17) is 4.98 Å². The predicted octanol–water partition coefficient (Wildman–Crippen LogP) is 4.06. The molecule has 8 heteroatoms. The molecule has 0 atom stereocenters. The molecule has 0 amide bonds. The monoisotopic (exact) mass is 410 g/mol. The normalized spacial score (nSPS) is 11.3. The first kappa shape index (κ1) is 19.0. The maximum atomic E-state index is 4.84. The number of rotatable bonds is 7. The van der Waals surface area contributed by atoms with Crippen molar-refractivity contribution in [2.45, 2.75) is 32.7 Å². The van der Waals surface area contributed by atoms with Crippen molar-refractivity contribution in [3.05, 3.63) is 72.3 Å². The van der Waals surface area contributed by atoms with Crippen molar-refractivity contribution in [3.63, 3.8) is 0 Å². The number of aromatic amines is 1. The molecule has 0 bridgehead atoms. The lowest BCUT2D eigenvalue weighted by Gasteiger charge is -2.15. The molecule has 0 aliphatic rings. The molecular formula is C23H22N8. The number of imidazole rings is 1. The predicted molar refractivity (Wildman–Crippen MR) is 118 cm³/mol. The number of fused-ring (bicyclic) bond motifs is 1. The average Bonchev–Trinajstić information content (AvgIpc) is 3.47. The Balaban J connectivity index is 1.62. The summed E-state index contributed by atoms with van der Waals surface area (Å²) in [5, 5.41) is 22.8. The second-order valence-electron chi connectivity index (χ2n) is 7.42. The molecule has 0 spiro atoms. The number of H-pyrrole nitrogens is 1. The minimum absolute atomic E-state index is 0.581. The number of nitrogens with one attached hydrogen (secondary N) is 1. The van der Waals surface area contributed by atoms with E-state index in [0.717, 1.165) is 52.8 Å². The first-order valence-electron chi connectivity index (χ1n) is 10.4. The zero-order valence-electron chi connectivity index (χ0n) is 17.2. The van der Waals surface area contributed by atoms with Crippen LogP contribution in [0.15, 0.2) is 60.9 Å². The van der Waals surface area contributed by atoms with Gasteiger partial charge in [0.15, 0.2) is 0 Å². The van der Waals surface area contributed by atoms with E-state index in [9.17, 15) is 0 Å². The van der Waals surface area contributed by atoms with Gasteiger partial charge in [0, 0.05) is 12.0 Å². The van der Waals surface area contributed by atoms with Crippen LogP contribution in [-0.4, -0.2) is 40.4 Å². The fraction of sp³-hybridized carbons (Fsp3) is 0.217. The first-order valence-corrected chi connectivity index (χ1v) is 10.4. The van der Waals surface area contributed by atoms with Crippen molar-refractivity contribution >= 4 is 11.0 Å². The van der Waals surface area contributed by atoms with Gasteiger partial charge < -0.3 is 4.57 Å². The van der Waals surface area contributed by atoms with Gasteiger partial charge in [0.1, 0.15) is 11.3 Å². The topological polar surface area (TPSA) is 98.1 Å². The summed E-state index contributed by atoms with van der Waals surface area (Å²) in [6.45, 7) is 2.89. The zero-order chi connectivity index (χ0) is 21.0. The van der Waals surface area contributed by atoms with Crippen LogP contribution in [0.25, 0.3) is 33.5 Å². The fourth-order valence-electron chi connectivity index (χ4n) is 3.92. The Kier molecular flexibility index (Phi) is 5.18. The van der Waals surface area contributed by atoms with Crippen LogP contribution in [0.1, 0.15) is 31.2 Å². The number of benzene rings is 2. The van der Waals surface area contributed by atoms with Crippen molar-refractivity contribution in [2.24, 2.45) is 0 Å². The third-order valence-electron chi connectivity index (χ3n) is 5.44. The van der Waals surface area contributed by atoms with Gasteiger partial charge in [0.2, 0.25) is 5.82 Å². The standard InChI is InChI=1S/C23H22N8/c1-2-3-12-22-26-20-13-24-25-14-21(20)31(22)15-16-8-4-5-9-17(16)18-10-6-7-11-19(18)23-27-29-30-28-23/h4-11,13-14H,2-3,12,15H2,1H3,(H,27,28,29,30). The summed E-state index contributed by atoms with van der Waals surface area (Å²) in [6, 6.07) is 16.6. The molecule has 0 saturated carbocycles. The minimum atomic E-state index is 0.581. The number of aromatic nitrogens is 8. The van der Waals surface area contributed by atoms with Crippen molar-refractivity contribution in [2.75, 3.05) is 0 Å². The average molecular weight is 410 g/mol. The highest BCUT2D eigenvalue weighted by atomic mass is 15.5. The van der Waals surface area contributed by atoms with Gasteiger partial charge in [-0.2, -0.15) is 15.4 Å². The van der Waals surface area contributed by atoms with Crippen LogP contribution < -0.4 is 0 Å². The molecule has 0 fully saturated rings. The minimum Gasteiger partial charge on any atom is -0.322 e. The van der Waals surface area contributed by atoms with Crippen molar-refractivity contribution in [1.29, 1.82) is 0 Å². The smallest absolute Gasteiger partial charge is 0.205 e. The Morgan fingerprint density at radius 1 is 0.903 bits per heavy atom. The van der Waals surface area contributed by atoms with Gasteiger partial charge in [-0.25, -0.2) is 4.98 Å². The van der Waals surface area contributed by atoms with E-state index >= 15 is 0 Å². The van der Waals surface area contributed by atoms with E-state index in [1.54, 1.807) is 12.4 Å². The van der Waals surface area contributed by atoms with Crippen LogP contribution in [0.3, 0.4) is 0 Å². The fourth-order valence-corrected chi connectivity index (χ4v) is 3.92. The molecule has 3 heterocycles. The highest BCUT2D eigenvalue weighted by molar-refractivity contribution is 5.82. The van der Waals surface area contributed by atoms with E-state index < -0.39 is 0 Å². The molecule has 3 aromatic heterocycles. The third-order valence-corrected chi connectivity index (χ3v) is 5.44. The second kappa shape index (κ2) is 8.43. The van der Waals surface area contributed by atoms with Crippen molar-refractivity contribution in [3.8, 4) is 22.5 Å². The molecule has 8 nitrogen and oxygen atoms in total. The quantitative estimate of drug-likeness (QED) is 0.434. The first-order chi connectivity index (χ1) is 15.3. The number of hydrogen-bond acceptors (Lipinski definition) is 6. The lowest BCUT2D eigenvalue weighted by Crippen LogP contribution is -2.07.